The molecule has 2 aromatic rings. The van der Waals surface area contributed by atoms with E-state index in [2.05, 4.69) is 57.3 Å². The Bertz CT molecular complexity index is 524. The highest BCUT2D eigenvalue weighted by molar-refractivity contribution is 9.10. The lowest BCUT2D eigenvalue weighted by molar-refractivity contribution is 0.763. The van der Waals surface area contributed by atoms with E-state index < -0.39 is 0 Å². The maximum Gasteiger partial charge on any atom is 0.0481 e. The molecule has 1 aromatic heterocycles. The third-order valence-electron chi connectivity index (χ3n) is 3.48. The van der Waals surface area contributed by atoms with E-state index in [1.54, 1.807) is 0 Å². The molecule has 0 amide bonds. The van der Waals surface area contributed by atoms with E-state index in [1.807, 2.05) is 0 Å². The van der Waals surface area contributed by atoms with Gasteiger partial charge in [0.1, 0.15) is 0 Å². The van der Waals surface area contributed by atoms with Gasteiger partial charge in [-0.3, -0.25) is 0 Å². The summed E-state index contributed by atoms with van der Waals surface area (Å²) in [5.74, 6) is 0.679. The van der Waals surface area contributed by atoms with Crippen LogP contribution in [0.2, 0.25) is 0 Å². The SMILES string of the molecule is Cn1cc(C2CCNC2)c2cc(Br)ccc21. The molecule has 84 valence electrons. The summed E-state index contributed by atoms with van der Waals surface area (Å²) in [6.07, 6.45) is 3.54. The first-order chi connectivity index (χ1) is 7.75. The lowest BCUT2D eigenvalue weighted by Gasteiger charge is -2.06. The van der Waals surface area contributed by atoms with Crippen molar-refractivity contribution in [2.45, 2.75) is 12.3 Å². The summed E-state index contributed by atoms with van der Waals surface area (Å²) in [7, 11) is 2.13. The number of halogens is 1. The van der Waals surface area contributed by atoms with E-state index in [0.29, 0.717) is 5.92 Å². The number of rotatable bonds is 1. The van der Waals surface area contributed by atoms with Crippen LogP contribution in [0.5, 0.6) is 0 Å². The van der Waals surface area contributed by atoms with Crippen molar-refractivity contribution < 1.29 is 0 Å². The van der Waals surface area contributed by atoms with E-state index in [4.69, 9.17) is 0 Å². The van der Waals surface area contributed by atoms with Gasteiger partial charge in [-0.2, -0.15) is 0 Å². The van der Waals surface area contributed by atoms with Crippen LogP contribution in [-0.2, 0) is 7.05 Å². The van der Waals surface area contributed by atoms with Crippen molar-refractivity contribution in [3.63, 3.8) is 0 Å². The van der Waals surface area contributed by atoms with Crippen molar-refractivity contribution >= 4 is 26.8 Å². The van der Waals surface area contributed by atoms with Gasteiger partial charge < -0.3 is 9.88 Å². The second-order valence-corrected chi connectivity index (χ2v) is 5.46. The van der Waals surface area contributed by atoms with Gasteiger partial charge in [0, 0.05) is 35.2 Å². The monoisotopic (exact) mass is 278 g/mol. The molecule has 0 spiro atoms. The van der Waals surface area contributed by atoms with Crippen LogP contribution in [0.25, 0.3) is 10.9 Å². The van der Waals surface area contributed by atoms with Crippen LogP contribution in [0.15, 0.2) is 28.9 Å². The fraction of sp³-hybridized carbons (Fsp3) is 0.385. The van der Waals surface area contributed by atoms with Gasteiger partial charge in [-0.25, -0.2) is 0 Å². The summed E-state index contributed by atoms with van der Waals surface area (Å²) >= 11 is 3.56. The maximum absolute atomic E-state index is 3.56. The highest BCUT2D eigenvalue weighted by Gasteiger charge is 2.20. The summed E-state index contributed by atoms with van der Waals surface area (Å²) in [5, 5.41) is 4.83. The van der Waals surface area contributed by atoms with Gasteiger partial charge in [-0.1, -0.05) is 15.9 Å². The highest BCUT2D eigenvalue weighted by Crippen LogP contribution is 2.32. The number of nitrogens with one attached hydrogen (secondary N) is 1. The molecule has 16 heavy (non-hydrogen) atoms. The molecular weight excluding hydrogens is 264 g/mol. The van der Waals surface area contributed by atoms with Crippen LogP contribution in [0.4, 0.5) is 0 Å². The number of fused-ring (bicyclic) bond motifs is 1. The highest BCUT2D eigenvalue weighted by atomic mass is 79.9. The fourth-order valence-corrected chi connectivity index (χ4v) is 3.00. The Morgan fingerprint density at radius 3 is 3.06 bits per heavy atom. The molecule has 1 saturated heterocycles. The molecule has 0 bridgehead atoms. The first-order valence-electron chi connectivity index (χ1n) is 5.71. The van der Waals surface area contributed by atoms with Crippen LogP contribution in [0, 0.1) is 0 Å². The number of hydrogen-bond acceptors (Lipinski definition) is 1. The Kier molecular flexibility index (Phi) is 2.52. The minimum absolute atomic E-state index is 0.679. The average Bonchev–Trinajstić information content (AvgIpc) is 2.86. The van der Waals surface area contributed by atoms with Crippen molar-refractivity contribution in [1.82, 2.24) is 9.88 Å². The van der Waals surface area contributed by atoms with E-state index in [-0.39, 0.29) is 0 Å². The van der Waals surface area contributed by atoms with Crippen LogP contribution in [0.3, 0.4) is 0 Å². The van der Waals surface area contributed by atoms with Crippen molar-refractivity contribution in [3.05, 3.63) is 34.4 Å². The zero-order valence-corrected chi connectivity index (χ0v) is 10.9. The van der Waals surface area contributed by atoms with Crippen molar-refractivity contribution in [2.75, 3.05) is 13.1 Å². The number of hydrogen-bond donors (Lipinski definition) is 1. The number of nitrogens with zero attached hydrogens (tertiary/aromatic N) is 1. The molecule has 3 rings (SSSR count). The van der Waals surface area contributed by atoms with Gasteiger partial charge in [0.25, 0.3) is 0 Å². The minimum atomic E-state index is 0.679. The predicted octanol–water partition coefficient (Wildman–Crippen LogP) is 3.02. The average molecular weight is 279 g/mol. The molecular formula is C13H15BrN2. The number of aryl methyl sites for hydroxylation is 1. The van der Waals surface area contributed by atoms with Gasteiger partial charge in [0.15, 0.2) is 0 Å². The molecule has 2 heterocycles. The van der Waals surface area contributed by atoms with Gasteiger partial charge in [-0.05, 0) is 42.6 Å². The van der Waals surface area contributed by atoms with Gasteiger partial charge in [-0.15, -0.1) is 0 Å². The fourth-order valence-electron chi connectivity index (χ4n) is 2.64. The second-order valence-electron chi connectivity index (χ2n) is 4.55. The van der Waals surface area contributed by atoms with Crippen molar-refractivity contribution in [2.24, 2.45) is 7.05 Å². The third kappa shape index (κ3) is 1.59. The first kappa shape index (κ1) is 10.4. The Labute approximate surface area is 104 Å². The second kappa shape index (κ2) is 3.90. The van der Waals surface area contributed by atoms with Crippen LogP contribution < -0.4 is 5.32 Å². The third-order valence-corrected chi connectivity index (χ3v) is 3.98. The molecule has 1 fully saturated rings. The Hall–Kier alpha value is -0.800. The van der Waals surface area contributed by atoms with Gasteiger partial charge in [0.05, 0.1) is 0 Å². The van der Waals surface area contributed by atoms with Crippen LogP contribution >= 0.6 is 15.9 Å². The largest absolute Gasteiger partial charge is 0.350 e. The summed E-state index contributed by atoms with van der Waals surface area (Å²) in [5.41, 5.74) is 2.81. The lowest BCUT2D eigenvalue weighted by atomic mass is 9.98. The quantitative estimate of drug-likeness (QED) is 0.849. The molecule has 1 aliphatic rings. The molecule has 1 atom stereocenters. The summed E-state index contributed by atoms with van der Waals surface area (Å²) in [6, 6.07) is 6.54. The Morgan fingerprint density at radius 1 is 1.44 bits per heavy atom. The standard InChI is InChI=1S/C13H15BrN2/c1-16-8-12(9-4-5-15-7-9)11-6-10(14)2-3-13(11)16/h2-3,6,8-9,15H,4-5,7H2,1H3. The molecule has 1 aliphatic heterocycles. The number of benzene rings is 1. The summed E-state index contributed by atoms with van der Waals surface area (Å²) in [4.78, 5) is 0. The van der Waals surface area contributed by atoms with Crippen molar-refractivity contribution in [3.8, 4) is 0 Å². The lowest BCUT2D eigenvalue weighted by Crippen LogP contribution is -2.07. The van der Waals surface area contributed by atoms with Crippen LogP contribution in [0.1, 0.15) is 17.9 Å². The van der Waals surface area contributed by atoms with Crippen molar-refractivity contribution in [1.29, 1.82) is 0 Å². The van der Waals surface area contributed by atoms with Crippen LogP contribution in [-0.4, -0.2) is 17.7 Å². The van der Waals surface area contributed by atoms with Gasteiger partial charge >= 0.3 is 0 Å². The molecule has 0 saturated carbocycles. The zero-order valence-electron chi connectivity index (χ0n) is 9.33. The Balaban J connectivity index is 2.19. The molecule has 0 aliphatic carbocycles. The Morgan fingerprint density at radius 2 is 2.31 bits per heavy atom. The number of aromatic nitrogens is 1. The van der Waals surface area contributed by atoms with E-state index in [9.17, 15) is 0 Å². The molecule has 3 heteroatoms. The predicted molar refractivity (Wildman–Crippen MR) is 70.8 cm³/mol. The normalized spacial score (nSPS) is 20.8. The van der Waals surface area contributed by atoms with Gasteiger partial charge in [0.2, 0.25) is 0 Å². The maximum atomic E-state index is 3.56. The minimum Gasteiger partial charge on any atom is -0.350 e. The first-order valence-corrected chi connectivity index (χ1v) is 6.50. The van der Waals surface area contributed by atoms with E-state index >= 15 is 0 Å². The van der Waals surface area contributed by atoms with E-state index in [0.717, 1.165) is 13.1 Å². The molecule has 1 N–H and O–H groups in total. The molecule has 1 unspecified atom stereocenters. The summed E-state index contributed by atoms with van der Waals surface area (Å²) < 4.78 is 3.40. The molecule has 1 aromatic carbocycles. The summed E-state index contributed by atoms with van der Waals surface area (Å²) in [6.45, 7) is 2.26. The zero-order chi connectivity index (χ0) is 11.1. The van der Waals surface area contributed by atoms with E-state index in [1.165, 1.54) is 27.4 Å². The molecule has 0 radical (unpaired) electrons. The topological polar surface area (TPSA) is 17.0 Å². The smallest absolute Gasteiger partial charge is 0.0481 e. The molecule has 2 nitrogen and oxygen atoms in total.